The van der Waals surface area contributed by atoms with Crippen molar-refractivity contribution in [1.82, 2.24) is 34.6 Å². The first-order valence-corrected chi connectivity index (χ1v) is 8.94. The van der Waals surface area contributed by atoms with Gasteiger partial charge < -0.3 is 9.47 Å². The number of hydrogen-bond acceptors (Lipinski definition) is 7. The van der Waals surface area contributed by atoms with Gasteiger partial charge in [0.15, 0.2) is 17.3 Å². The summed E-state index contributed by atoms with van der Waals surface area (Å²) in [4.78, 5) is 1.86. The Morgan fingerprint density at radius 1 is 1.00 bits per heavy atom. The zero-order valence-corrected chi connectivity index (χ0v) is 14.4. The summed E-state index contributed by atoms with van der Waals surface area (Å²) in [6, 6.07) is 5.49. The van der Waals surface area contributed by atoms with Crippen molar-refractivity contribution >= 4 is 22.8 Å². The molecule has 0 bridgehead atoms. The van der Waals surface area contributed by atoms with E-state index in [1.165, 1.54) is 0 Å². The summed E-state index contributed by atoms with van der Waals surface area (Å²) in [5.74, 6) is 0.533. The number of thiophene rings is 1. The van der Waals surface area contributed by atoms with Crippen LogP contribution in [0.5, 0.6) is 0 Å². The molecule has 0 unspecified atom stereocenters. The molecule has 0 aliphatic carbocycles. The molecule has 4 aromatic heterocycles. The lowest BCUT2D eigenvalue weighted by Gasteiger charge is -2.28. The van der Waals surface area contributed by atoms with Crippen LogP contribution in [0.1, 0.15) is 11.6 Å². The Bertz CT molecular complexity index is 1110. The fourth-order valence-electron chi connectivity index (χ4n) is 3.08. The topological polar surface area (TPSA) is 77.0 Å². The van der Waals surface area contributed by atoms with Crippen LogP contribution < -0.4 is 4.90 Å². The lowest BCUT2D eigenvalue weighted by atomic mass is 10.3. The highest BCUT2D eigenvalue weighted by Crippen LogP contribution is 2.30. The minimum Gasteiger partial charge on any atom is -0.346 e. The quantitative estimate of drug-likeness (QED) is 0.522. The molecule has 0 fully saturated rings. The van der Waals surface area contributed by atoms with E-state index in [0.717, 1.165) is 10.1 Å². The number of hydrogen-bond donors (Lipinski definition) is 0. The van der Waals surface area contributed by atoms with Gasteiger partial charge in [-0.15, -0.1) is 25.5 Å². The van der Waals surface area contributed by atoms with Crippen LogP contribution in [0.15, 0.2) is 29.0 Å². The Balaban J connectivity index is 1.50. The number of aromatic nitrogens is 7. The molecule has 0 aromatic carbocycles. The van der Waals surface area contributed by atoms with Gasteiger partial charge in [-0.25, -0.2) is 0 Å². The van der Waals surface area contributed by atoms with Gasteiger partial charge in [0.05, 0.1) is 6.54 Å². The van der Waals surface area contributed by atoms with Crippen molar-refractivity contribution in [1.29, 1.82) is 0 Å². The predicted molar refractivity (Wildman–Crippen MR) is 90.2 cm³/mol. The van der Waals surface area contributed by atoms with Gasteiger partial charge in [0.25, 0.3) is 0 Å². The molecule has 138 valence electrons. The zero-order valence-electron chi connectivity index (χ0n) is 13.6. The molecule has 4 aromatic rings. The molecule has 27 heavy (non-hydrogen) atoms. The summed E-state index contributed by atoms with van der Waals surface area (Å²) in [6.07, 6.45) is -4.51. The Morgan fingerprint density at radius 3 is 2.67 bits per heavy atom. The number of rotatable bonds is 2. The summed E-state index contributed by atoms with van der Waals surface area (Å²) < 4.78 is 41.7. The SMILES string of the molecule is FC(F)(F)c1nnc2n1CCN(c1ccc3nnc(-c4ccsc4)n3n1)C2. The van der Waals surface area contributed by atoms with Crippen molar-refractivity contribution in [2.24, 2.45) is 0 Å². The summed E-state index contributed by atoms with van der Waals surface area (Å²) in [5, 5.41) is 23.8. The molecular weight excluding hydrogens is 381 g/mol. The van der Waals surface area contributed by atoms with Crippen molar-refractivity contribution in [2.75, 3.05) is 11.4 Å². The largest absolute Gasteiger partial charge is 0.451 e. The third-order valence-corrected chi connectivity index (χ3v) is 5.04. The van der Waals surface area contributed by atoms with E-state index in [0.29, 0.717) is 23.8 Å². The Hall–Kier alpha value is -3.02. The number of fused-ring (bicyclic) bond motifs is 2. The molecule has 12 heteroatoms. The van der Waals surface area contributed by atoms with E-state index in [-0.39, 0.29) is 18.9 Å². The molecule has 0 saturated carbocycles. The van der Waals surface area contributed by atoms with Gasteiger partial charge in [0.1, 0.15) is 5.82 Å². The van der Waals surface area contributed by atoms with Gasteiger partial charge in [0.2, 0.25) is 5.82 Å². The summed E-state index contributed by atoms with van der Waals surface area (Å²) in [7, 11) is 0. The van der Waals surface area contributed by atoms with Crippen molar-refractivity contribution in [3.05, 3.63) is 40.6 Å². The third-order valence-electron chi connectivity index (χ3n) is 4.36. The lowest BCUT2D eigenvalue weighted by Crippen LogP contribution is -2.36. The fraction of sp³-hybridized carbons (Fsp3) is 0.267. The Morgan fingerprint density at radius 2 is 1.89 bits per heavy atom. The molecule has 1 aliphatic rings. The Labute approximate surface area is 153 Å². The van der Waals surface area contributed by atoms with Crippen molar-refractivity contribution in [3.63, 3.8) is 0 Å². The Kier molecular flexibility index (Phi) is 3.44. The lowest BCUT2D eigenvalue weighted by molar-refractivity contribution is -0.147. The maximum atomic E-state index is 13.0. The van der Waals surface area contributed by atoms with E-state index in [4.69, 9.17) is 0 Å². The number of nitrogens with zero attached hydrogens (tertiary/aromatic N) is 8. The van der Waals surface area contributed by atoms with Crippen LogP contribution in [0.3, 0.4) is 0 Å². The van der Waals surface area contributed by atoms with Crippen LogP contribution in [0.4, 0.5) is 19.0 Å². The maximum absolute atomic E-state index is 13.0. The molecule has 5 heterocycles. The molecule has 0 atom stereocenters. The van der Waals surface area contributed by atoms with Gasteiger partial charge in [0, 0.05) is 24.0 Å². The number of alkyl halides is 3. The van der Waals surface area contributed by atoms with Crippen molar-refractivity contribution in [3.8, 4) is 11.4 Å². The average molecular weight is 392 g/mol. The van der Waals surface area contributed by atoms with E-state index in [9.17, 15) is 13.2 Å². The van der Waals surface area contributed by atoms with Crippen molar-refractivity contribution < 1.29 is 13.2 Å². The van der Waals surface area contributed by atoms with E-state index >= 15 is 0 Å². The number of anilines is 1. The zero-order chi connectivity index (χ0) is 18.6. The molecular formula is C15H11F3N8S. The predicted octanol–water partition coefficient (Wildman–Crippen LogP) is 2.48. The fourth-order valence-corrected chi connectivity index (χ4v) is 3.72. The van der Waals surface area contributed by atoms with E-state index in [2.05, 4.69) is 25.5 Å². The van der Waals surface area contributed by atoms with Gasteiger partial charge >= 0.3 is 6.18 Å². The summed E-state index contributed by atoms with van der Waals surface area (Å²) in [6.45, 7) is 0.691. The second-order valence-electron chi connectivity index (χ2n) is 6.01. The first kappa shape index (κ1) is 16.2. The standard InChI is InChI=1S/C15H11F3N8S/c16-15(17,18)14-22-20-12-7-24(4-5-25(12)14)11-2-1-10-19-21-13(26(10)23-11)9-3-6-27-8-9/h1-3,6,8H,4-5,7H2. The molecule has 0 spiro atoms. The molecule has 8 nitrogen and oxygen atoms in total. The van der Waals surface area contributed by atoms with E-state index < -0.39 is 12.0 Å². The first-order chi connectivity index (χ1) is 13.0. The van der Waals surface area contributed by atoms with Crippen LogP contribution in [0.25, 0.3) is 17.0 Å². The van der Waals surface area contributed by atoms with Gasteiger partial charge in [-0.3, -0.25) is 0 Å². The van der Waals surface area contributed by atoms with Crippen LogP contribution in [0.2, 0.25) is 0 Å². The van der Waals surface area contributed by atoms with Crippen LogP contribution in [0, 0.1) is 0 Å². The average Bonchev–Trinajstić information content (AvgIpc) is 3.38. The molecule has 0 radical (unpaired) electrons. The third kappa shape index (κ3) is 2.63. The van der Waals surface area contributed by atoms with Crippen molar-refractivity contribution in [2.45, 2.75) is 19.3 Å². The van der Waals surface area contributed by atoms with Crippen LogP contribution in [-0.2, 0) is 19.3 Å². The van der Waals surface area contributed by atoms with Gasteiger partial charge in [-0.05, 0) is 23.6 Å². The van der Waals surface area contributed by atoms with E-state index in [1.54, 1.807) is 28.0 Å². The highest BCUT2D eigenvalue weighted by molar-refractivity contribution is 7.08. The van der Waals surface area contributed by atoms with Gasteiger partial charge in [-0.2, -0.15) is 29.0 Å². The normalized spacial score (nSPS) is 14.7. The molecule has 5 rings (SSSR count). The second kappa shape index (κ2) is 5.74. The number of halogens is 3. The molecule has 0 saturated heterocycles. The maximum Gasteiger partial charge on any atom is 0.451 e. The monoisotopic (exact) mass is 392 g/mol. The smallest absolute Gasteiger partial charge is 0.346 e. The highest BCUT2D eigenvalue weighted by Gasteiger charge is 2.39. The molecule has 0 amide bonds. The van der Waals surface area contributed by atoms with E-state index in [1.807, 2.05) is 21.7 Å². The molecule has 0 N–H and O–H groups in total. The highest BCUT2D eigenvalue weighted by atomic mass is 32.1. The minimum atomic E-state index is -4.51. The van der Waals surface area contributed by atoms with Gasteiger partial charge in [-0.1, -0.05) is 0 Å². The summed E-state index contributed by atoms with van der Waals surface area (Å²) >= 11 is 1.55. The van der Waals surface area contributed by atoms with Crippen LogP contribution in [-0.4, -0.2) is 41.1 Å². The summed E-state index contributed by atoms with van der Waals surface area (Å²) in [5.41, 5.74) is 1.50. The second-order valence-corrected chi connectivity index (χ2v) is 6.79. The minimum absolute atomic E-state index is 0.135. The first-order valence-electron chi connectivity index (χ1n) is 8.00. The van der Waals surface area contributed by atoms with Crippen LogP contribution >= 0.6 is 11.3 Å². The molecule has 1 aliphatic heterocycles.